The van der Waals surface area contributed by atoms with E-state index in [1.807, 2.05) is 18.0 Å². The maximum absolute atomic E-state index is 15.1. The molecule has 0 aliphatic heterocycles. The lowest BCUT2D eigenvalue weighted by Crippen LogP contribution is -2.45. The van der Waals surface area contributed by atoms with Gasteiger partial charge >= 0.3 is 0 Å². The summed E-state index contributed by atoms with van der Waals surface area (Å²) in [7, 11) is 0. The Balaban J connectivity index is 1.62. The fraction of sp³-hybridized carbons (Fsp3) is 0.400. The third-order valence-electron chi connectivity index (χ3n) is 6.23. The Kier molecular flexibility index (Phi) is 6.03. The summed E-state index contributed by atoms with van der Waals surface area (Å²) < 4.78 is 15.1. The van der Waals surface area contributed by atoms with Gasteiger partial charge in [-0.15, -0.1) is 0 Å². The molecule has 0 radical (unpaired) electrons. The van der Waals surface area contributed by atoms with E-state index in [1.165, 1.54) is 6.07 Å². The minimum absolute atomic E-state index is 0.0579. The van der Waals surface area contributed by atoms with Gasteiger partial charge in [-0.3, -0.25) is 9.89 Å². The summed E-state index contributed by atoms with van der Waals surface area (Å²) in [6.45, 7) is 5.79. The number of fused-ring (bicyclic) bond motifs is 1. The number of carbonyl (C=O) groups is 1. The van der Waals surface area contributed by atoms with Gasteiger partial charge in [-0.25, -0.2) is 4.39 Å². The van der Waals surface area contributed by atoms with Crippen LogP contribution >= 0.6 is 0 Å². The largest absolute Gasteiger partial charge is 0.332 e. The minimum Gasteiger partial charge on any atom is -0.332 e. The molecule has 5 nitrogen and oxygen atoms in total. The van der Waals surface area contributed by atoms with Gasteiger partial charge in [0.1, 0.15) is 5.82 Å². The Morgan fingerprint density at radius 2 is 2.19 bits per heavy atom. The Morgan fingerprint density at radius 1 is 1.39 bits per heavy atom. The molecule has 0 saturated heterocycles. The first-order valence-electron chi connectivity index (χ1n) is 11.0. The number of amides is 1. The lowest BCUT2D eigenvalue weighted by molar-refractivity contribution is 0.0638. The summed E-state index contributed by atoms with van der Waals surface area (Å²) in [5.74, 6) is -0.803. The topological polar surface area (TPSA) is 72.8 Å². The number of nitrogens with zero attached hydrogens (tertiary/aromatic N) is 3. The highest BCUT2D eigenvalue weighted by atomic mass is 19.1. The number of aromatic nitrogens is 2. The lowest BCUT2D eigenvalue weighted by Gasteiger charge is -2.34. The van der Waals surface area contributed by atoms with Crippen LogP contribution in [0.2, 0.25) is 0 Å². The van der Waals surface area contributed by atoms with Crippen molar-refractivity contribution in [3.63, 3.8) is 0 Å². The van der Waals surface area contributed by atoms with Crippen LogP contribution in [0.1, 0.15) is 66.2 Å². The minimum atomic E-state index is -0.555. The molecule has 1 fully saturated rings. The van der Waals surface area contributed by atoms with E-state index >= 15 is 4.39 Å². The number of benzene rings is 1. The fourth-order valence-corrected chi connectivity index (χ4v) is 4.53. The molecule has 1 amide bonds. The van der Waals surface area contributed by atoms with Gasteiger partial charge in [0, 0.05) is 23.4 Å². The van der Waals surface area contributed by atoms with Crippen LogP contribution in [-0.2, 0) is 12.8 Å². The fourth-order valence-electron chi connectivity index (χ4n) is 4.53. The molecule has 1 saturated carbocycles. The zero-order chi connectivity index (χ0) is 22.0. The first-order chi connectivity index (χ1) is 15.1. The second kappa shape index (κ2) is 8.89. The SMILES string of the molecule is C=C/C(=C(/C#N)CCC)c1ccc(C(=O)N(C2CC2)C2CCc3[nH]ncc3C2)c(F)c1. The summed E-state index contributed by atoms with van der Waals surface area (Å²) in [5.41, 5.74) is 4.15. The molecular formula is C25H27FN4O. The maximum Gasteiger partial charge on any atom is 0.257 e. The van der Waals surface area contributed by atoms with Crippen LogP contribution in [0.5, 0.6) is 0 Å². The zero-order valence-corrected chi connectivity index (χ0v) is 17.8. The number of nitriles is 1. The molecular weight excluding hydrogens is 391 g/mol. The number of nitrogens with one attached hydrogen (secondary N) is 1. The quantitative estimate of drug-likeness (QED) is 0.509. The van der Waals surface area contributed by atoms with Crippen molar-refractivity contribution < 1.29 is 9.18 Å². The summed E-state index contributed by atoms with van der Waals surface area (Å²) in [5, 5.41) is 16.6. The van der Waals surface area contributed by atoms with E-state index in [4.69, 9.17) is 0 Å². The van der Waals surface area contributed by atoms with Gasteiger partial charge in [-0.2, -0.15) is 10.4 Å². The van der Waals surface area contributed by atoms with Crippen molar-refractivity contribution in [2.24, 2.45) is 0 Å². The van der Waals surface area contributed by atoms with E-state index in [1.54, 1.807) is 18.2 Å². The number of rotatable bonds is 7. The summed E-state index contributed by atoms with van der Waals surface area (Å²) in [6, 6.07) is 7.08. The second-order valence-corrected chi connectivity index (χ2v) is 8.37. The molecule has 1 aromatic heterocycles. The molecule has 0 bridgehead atoms. The van der Waals surface area contributed by atoms with Gasteiger partial charge < -0.3 is 4.90 Å². The van der Waals surface area contributed by atoms with Crippen molar-refractivity contribution in [2.75, 3.05) is 0 Å². The van der Waals surface area contributed by atoms with Crippen molar-refractivity contribution in [3.8, 4) is 6.07 Å². The van der Waals surface area contributed by atoms with Crippen molar-refractivity contribution in [2.45, 2.75) is 64.0 Å². The first kappa shape index (κ1) is 21.0. The molecule has 1 aromatic carbocycles. The average Bonchev–Trinajstić information content (AvgIpc) is 3.49. The molecule has 2 aliphatic carbocycles. The normalized spacial score (nSPS) is 18.5. The number of allylic oxidation sites excluding steroid dienone is 3. The smallest absolute Gasteiger partial charge is 0.257 e. The number of hydrogen-bond donors (Lipinski definition) is 1. The summed E-state index contributed by atoms with van der Waals surface area (Å²) >= 11 is 0. The van der Waals surface area contributed by atoms with Gasteiger partial charge in [0.25, 0.3) is 5.91 Å². The van der Waals surface area contributed by atoms with Gasteiger partial charge in [-0.1, -0.05) is 32.1 Å². The molecule has 31 heavy (non-hydrogen) atoms. The molecule has 4 rings (SSSR count). The monoisotopic (exact) mass is 418 g/mol. The van der Waals surface area contributed by atoms with Crippen molar-refractivity contribution >= 4 is 11.5 Å². The van der Waals surface area contributed by atoms with Crippen molar-refractivity contribution in [1.29, 1.82) is 5.26 Å². The number of carbonyl (C=O) groups excluding carboxylic acids is 1. The van der Waals surface area contributed by atoms with Crippen LogP contribution in [0.3, 0.4) is 0 Å². The number of H-pyrrole nitrogens is 1. The Hall–Kier alpha value is -3.20. The van der Waals surface area contributed by atoms with E-state index in [2.05, 4.69) is 22.8 Å². The third kappa shape index (κ3) is 4.18. The molecule has 160 valence electrons. The Bertz CT molecular complexity index is 1070. The van der Waals surface area contributed by atoms with Crippen LogP contribution in [0.4, 0.5) is 4.39 Å². The maximum atomic E-state index is 15.1. The summed E-state index contributed by atoms with van der Waals surface area (Å²) in [4.78, 5) is 15.3. The highest BCUT2D eigenvalue weighted by Gasteiger charge is 2.40. The molecule has 1 unspecified atom stereocenters. The Morgan fingerprint density at radius 3 is 2.84 bits per heavy atom. The molecule has 1 atom stereocenters. The first-order valence-corrected chi connectivity index (χ1v) is 11.0. The molecule has 0 spiro atoms. The predicted octanol–water partition coefficient (Wildman–Crippen LogP) is 4.97. The van der Waals surface area contributed by atoms with Crippen molar-refractivity contribution in [3.05, 3.63) is 70.8 Å². The second-order valence-electron chi connectivity index (χ2n) is 8.37. The average molecular weight is 419 g/mol. The standard InChI is InChI=1S/C25H27FN4O/c1-3-5-17(14-27)21(4-2)16-6-10-22(23(26)13-16)25(31)30(19-7-8-19)20-9-11-24-18(12-20)15-28-29-24/h4,6,10,13,15,19-20H,2-3,5,7-9,11-12H2,1H3,(H,28,29)/b21-17-. The predicted molar refractivity (Wildman–Crippen MR) is 118 cm³/mol. The molecule has 1 N–H and O–H groups in total. The van der Waals surface area contributed by atoms with Crippen LogP contribution in [0, 0.1) is 17.1 Å². The van der Waals surface area contributed by atoms with Gasteiger partial charge in [0.05, 0.1) is 17.8 Å². The highest BCUT2D eigenvalue weighted by molar-refractivity contribution is 5.96. The van der Waals surface area contributed by atoms with E-state index in [-0.39, 0.29) is 23.6 Å². The van der Waals surface area contributed by atoms with E-state index in [0.29, 0.717) is 23.1 Å². The molecule has 2 aliphatic rings. The molecule has 6 heteroatoms. The molecule has 1 heterocycles. The number of aryl methyl sites for hydroxylation is 1. The van der Waals surface area contributed by atoms with Crippen LogP contribution < -0.4 is 0 Å². The van der Waals surface area contributed by atoms with Gasteiger partial charge in [0.15, 0.2) is 0 Å². The van der Waals surface area contributed by atoms with Crippen molar-refractivity contribution in [1.82, 2.24) is 15.1 Å². The summed E-state index contributed by atoms with van der Waals surface area (Å²) in [6.07, 6.45) is 9.22. The number of aromatic amines is 1. The highest BCUT2D eigenvalue weighted by Crippen LogP contribution is 2.35. The van der Waals surface area contributed by atoms with Crippen LogP contribution in [0.25, 0.3) is 5.57 Å². The lowest BCUT2D eigenvalue weighted by atomic mass is 9.91. The number of hydrogen-bond acceptors (Lipinski definition) is 3. The Labute approximate surface area is 182 Å². The number of halogens is 1. The van der Waals surface area contributed by atoms with E-state index < -0.39 is 5.82 Å². The van der Waals surface area contributed by atoms with Crippen LogP contribution in [0.15, 0.2) is 42.6 Å². The van der Waals surface area contributed by atoms with Crippen LogP contribution in [-0.4, -0.2) is 33.1 Å². The van der Waals surface area contributed by atoms with Gasteiger partial charge in [0.2, 0.25) is 0 Å². The zero-order valence-electron chi connectivity index (χ0n) is 17.8. The van der Waals surface area contributed by atoms with E-state index in [9.17, 15) is 10.1 Å². The third-order valence-corrected chi connectivity index (χ3v) is 6.23. The van der Waals surface area contributed by atoms with Gasteiger partial charge in [-0.05, 0) is 67.4 Å². The van der Waals surface area contributed by atoms with E-state index in [0.717, 1.165) is 49.8 Å². The molecule has 2 aromatic rings.